The molecule has 0 fully saturated rings. The van der Waals surface area contributed by atoms with Gasteiger partial charge in [0.2, 0.25) is 5.82 Å². The Morgan fingerprint density at radius 1 is 1.03 bits per heavy atom. The molecule has 5 rings (SSSR count). The van der Waals surface area contributed by atoms with Crippen LogP contribution in [0.1, 0.15) is 10.4 Å². The number of benzene rings is 1. The number of anilines is 1. The van der Waals surface area contributed by atoms with Crippen molar-refractivity contribution >= 4 is 45.8 Å². The third-order valence-electron chi connectivity index (χ3n) is 4.43. The second-order valence-electron chi connectivity index (χ2n) is 6.41. The molecule has 152 valence electrons. The van der Waals surface area contributed by atoms with Crippen LogP contribution < -0.4 is 10.9 Å². The molecule has 2 N–H and O–H groups in total. The van der Waals surface area contributed by atoms with Crippen LogP contribution in [-0.2, 0) is 0 Å². The Kier molecular flexibility index (Phi) is 5.03. The van der Waals surface area contributed by atoms with Gasteiger partial charge in [0.15, 0.2) is 0 Å². The molecule has 8 nitrogen and oxygen atoms in total. The van der Waals surface area contributed by atoms with E-state index in [-0.39, 0.29) is 11.9 Å². The number of pyridine rings is 2. The lowest BCUT2D eigenvalue weighted by atomic mass is 10.1. The van der Waals surface area contributed by atoms with Crippen LogP contribution in [0.3, 0.4) is 0 Å². The molecule has 0 aliphatic rings. The summed E-state index contributed by atoms with van der Waals surface area (Å²) in [6, 6.07) is 16.4. The fourth-order valence-electron chi connectivity index (χ4n) is 3.01. The van der Waals surface area contributed by atoms with Crippen molar-refractivity contribution in [1.29, 1.82) is 0 Å². The average Bonchev–Trinajstić information content (AvgIpc) is 3.46. The van der Waals surface area contributed by atoms with E-state index in [1.165, 1.54) is 11.3 Å². The number of hydrazine groups is 1. The highest BCUT2D eigenvalue weighted by Crippen LogP contribution is 2.32. The monoisotopic (exact) mass is 448 g/mol. The highest BCUT2D eigenvalue weighted by atomic mass is 35.5. The van der Waals surface area contributed by atoms with Gasteiger partial charge in [-0.15, -0.1) is 11.3 Å². The molecule has 4 aromatic heterocycles. The molecular formula is C21H13ClN6O2S. The summed E-state index contributed by atoms with van der Waals surface area (Å²) < 4.78 is 5.81. The molecule has 31 heavy (non-hydrogen) atoms. The summed E-state index contributed by atoms with van der Waals surface area (Å²) in [6.07, 6.45) is 3.26. The van der Waals surface area contributed by atoms with Crippen molar-refractivity contribution in [2.24, 2.45) is 0 Å². The number of thiophene rings is 1. The number of hydrogen-bond donors (Lipinski definition) is 2. The Morgan fingerprint density at radius 2 is 1.87 bits per heavy atom. The number of halogens is 1. The highest BCUT2D eigenvalue weighted by molar-refractivity contribution is 7.19. The third kappa shape index (κ3) is 3.96. The van der Waals surface area contributed by atoms with Gasteiger partial charge in [-0.05, 0) is 36.4 Å². The zero-order valence-corrected chi connectivity index (χ0v) is 17.3. The van der Waals surface area contributed by atoms with E-state index in [0.29, 0.717) is 26.9 Å². The van der Waals surface area contributed by atoms with E-state index in [4.69, 9.17) is 16.1 Å². The van der Waals surface area contributed by atoms with Crippen molar-refractivity contribution in [1.82, 2.24) is 25.5 Å². The number of hydrogen-bond acceptors (Lipinski definition) is 8. The summed E-state index contributed by atoms with van der Waals surface area (Å²) in [6.45, 7) is 0. The second kappa shape index (κ2) is 8.13. The Hall–Kier alpha value is -3.82. The number of amides is 1. The SMILES string of the molecule is O=C(NNc1nc(-c2ccncc2)no1)c1cc(-c2ccc(Cl)s2)nc2ccccc12. The molecule has 1 aromatic carbocycles. The van der Waals surface area contributed by atoms with Crippen molar-refractivity contribution in [3.05, 3.63) is 76.9 Å². The largest absolute Gasteiger partial charge is 0.340 e. The zero-order chi connectivity index (χ0) is 21.2. The molecule has 0 bridgehead atoms. The van der Waals surface area contributed by atoms with E-state index in [2.05, 4.69) is 31.0 Å². The van der Waals surface area contributed by atoms with Crippen LogP contribution in [0.2, 0.25) is 4.34 Å². The smallest absolute Gasteiger partial charge is 0.313 e. The van der Waals surface area contributed by atoms with Gasteiger partial charge >= 0.3 is 6.01 Å². The standard InChI is InChI=1S/C21H13ClN6O2S/c22-18-6-5-17(31-18)16-11-14(13-3-1-2-4-15(13)24-16)20(29)26-27-21-25-19(28-30-21)12-7-9-23-10-8-12/h1-11H,(H,26,29)(H,25,27,28). The molecule has 0 saturated heterocycles. The van der Waals surface area contributed by atoms with E-state index in [1.807, 2.05) is 30.3 Å². The van der Waals surface area contributed by atoms with Crippen molar-refractivity contribution in [3.8, 4) is 22.0 Å². The molecule has 5 aromatic rings. The molecule has 4 heterocycles. The molecular weight excluding hydrogens is 436 g/mol. The summed E-state index contributed by atoms with van der Waals surface area (Å²) in [5, 5.41) is 4.61. The Morgan fingerprint density at radius 3 is 2.68 bits per heavy atom. The van der Waals surface area contributed by atoms with Gasteiger partial charge in [-0.1, -0.05) is 35.0 Å². The summed E-state index contributed by atoms with van der Waals surface area (Å²) in [7, 11) is 0. The first kappa shape index (κ1) is 19.2. The molecule has 10 heteroatoms. The normalized spacial score (nSPS) is 10.9. The molecule has 0 aliphatic heterocycles. The molecule has 0 atom stereocenters. The second-order valence-corrected chi connectivity index (χ2v) is 8.13. The summed E-state index contributed by atoms with van der Waals surface area (Å²) in [5.41, 5.74) is 7.84. The van der Waals surface area contributed by atoms with Gasteiger partial charge in [0, 0.05) is 23.3 Å². The van der Waals surface area contributed by atoms with E-state index in [9.17, 15) is 4.79 Å². The lowest BCUT2D eigenvalue weighted by Crippen LogP contribution is -2.29. The van der Waals surface area contributed by atoms with Gasteiger partial charge in [0.25, 0.3) is 5.91 Å². The number of rotatable bonds is 5. The molecule has 0 saturated carbocycles. The highest BCUT2D eigenvalue weighted by Gasteiger charge is 2.16. The molecule has 0 radical (unpaired) electrons. The van der Waals surface area contributed by atoms with Crippen molar-refractivity contribution < 1.29 is 9.32 Å². The van der Waals surface area contributed by atoms with Gasteiger partial charge in [0.05, 0.1) is 26.0 Å². The number of nitrogens with zero attached hydrogens (tertiary/aromatic N) is 4. The van der Waals surface area contributed by atoms with Crippen molar-refractivity contribution in [2.45, 2.75) is 0 Å². The van der Waals surface area contributed by atoms with Gasteiger partial charge in [-0.3, -0.25) is 15.2 Å². The minimum absolute atomic E-state index is 0.0591. The zero-order valence-electron chi connectivity index (χ0n) is 15.7. The topological polar surface area (TPSA) is 106 Å². The lowest BCUT2D eigenvalue weighted by Gasteiger charge is -2.09. The number of nitrogens with one attached hydrogen (secondary N) is 2. The third-order valence-corrected chi connectivity index (χ3v) is 5.69. The summed E-state index contributed by atoms with van der Waals surface area (Å²) in [5.74, 6) is 0.0107. The molecule has 1 amide bonds. The van der Waals surface area contributed by atoms with Crippen LogP contribution in [0, 0.1) is 0 Å². The van der Waals surface area contributed by atoms with Crippen LogP contribution in [-0.4, -0.2) is 26.0 Å². The quantitative estimate of drug-likeness (QED) is 0.371. The number of carbonyl (C=O) groups is 1. The van der Waals surface area contributed by atoms with E-state index in [0.717, 1.165) is 15.8 Å². The average molecular weight is 449 g/mol. The van der Waals surface area contributed by atoms with E-state index < -0.39 is 0 Å². The Balaban J connectivity index is 1.41. The van der Waals surface area contributed by atoms with Gasteiger partial charge in [0.1, 0.15) is 0 Å². The van der Waals surface area contributed by atoms with Crippen molar-refractivity contribution in [3.63, 3.8) is 0 Å². The van der Waals surface area contributed by atoms with Gasteiger partial charge < -0.3 is 4.52 Å². The molecule has 0 spiro atoms. The first-order valence-electron chi connectivity index (χ1n) is 9.13. The maximum Gasteiger partial charge on any atom is 0.340 e. The first-order chi connectivity index (χ1) is 15.2. The van der Waals surface area contributed by atoms with E-state index >= 15 is 0 Å². The number of carbonyl (C=O) groups excluding carboxylic acids is 1. The maximum atomic E-state index is 13.0. The van der Waals surface area contributed by atoms with Crippen LogP contribution in [0.5, 0.6) is 0 Å². The van der Waals surface area contributed by atoms with Crippen LogP contribution >= 0.6 is 22.9 Å². The van der Waals surface area contributed by atoms with Gasteiger partial charge in [-0.25, -0.2) is 10.4 Å². The number of para-hydroxylation sites is 1. The van der Waals surface area contributed by atoms with Gasteiger partial charge in [-0.2, -0.15) is 4.98 Å². The number of aromatic nitrogens is 4. The van der Waals surface area contributed by atoms with Crippen LogP contribution in [0.15, 0.2) is 71.5 Å². The predicted octanol–water partition coefficient (Wildman–Crippen LogP) is 4.82. The first-order valence-corrected chi connectivity index (χ1v) is 10.3. The number of fused-ring (bicyclic) bond motifs is 1. The lowest BCUT2D eigenvalue weighted by molar-refractivity contribution is 0.0962. The maximum absolute atomic E-state index is 13.0. The summed E-state index contributed by atoms with van der Waals surface area (Å²) in [4.78, 5) is 26.7. The van der Waals surface area contributed by atoms with Crippen LogP contribution in [0.25, 0.3) is 32.9 Å². The summed E-state index contributed by atoms with van der Waals surface area (Å²) >= 11 is 7.47. The van der Waals surface area contributed by atoms with Crippen LogP contribution in [0.4, 0.5) is 6.01 Å². The van der Waals surface area contributed by atoms with Crippen molar-refractivity contribution in [2.75, 3.05) is 5.43 Å². The predicted molar refractivity (Wildman–Crippen MR) is 119 cm³/mol. The fraction of sp³-hybridized carbons (Fsp3) is 0. The molecule has 0 unspecified atom stereocenters. The van der Waals surface area contributed by atoms with E-state index in [1.54, 1.807) is 36.7 Å². The fourth-order valence-corrected chi connectivity index (χ4v) is 4.02. The molecule has 0 aliphatic carbocycles. The minimum Gasteiger partial charge on any atom is -0.313 e. The Bertz CT molecular complexity index is 1390. The Labute approximate surface area is 184 Å². The minimum atomic E-state index is -0.369.